The van der Waals surface area contributed by atoms with Gasteiger partial charge in [-0.3, -0.25) is 4.79 Å². The van der Waals surface area contributed by atoms with Crippen molar-refractivity contribution < 1.29 is 19.4 Å². The molecule has 0 radical (unpaired) electrons. The maximum atomic E-state index is 11.6. The van der Waals surface area contributed by atoms with E-state index in [-0.39, 0.29) is 11.8 Å². The third-order valence-electron chi connectivity index (χ3n) is 2.34. The van der Waals surface area contributed by atoms with E-state index in [0.29, 0.717) is 12.8 Å². The molecule has 0 fully saturated rings. The highest BCUT2D eigenvalue weighted by Crippen LogP contribution is 2.07. The lowest BCUT2D eigenvalue weighted by Gasteiger charge is -2.17. The Kier molecular flexibility index (Phi) is 6.70. The highest BCUT2D eigenvalue weighted by molar-refractivity contribution is 5.85. The molecule has 0 rings (SSSR count). The van der Waals surface area contributed by atoms with Crippen LogP contribution in [-0.2, 0) is 14.3 Å². The molecule has 0 aromatic heterocycles. The molecule has 0 aliphatic rings. The summed E-state index contributed by atoms with van der Waals surface area (Å²) in [5.41, 5.74) is 0. The Morgan fingerprint density at radius 2 is 1.87 bits per heavy atom. The van der Waals surface area contributed by atoms with E-state index in [4.69, 9.17) is 5.11 Å². The lowest BCUT2D eigenvalue weighted by molar-refractivity contribution is -0.146. The minimum atomic E-state index is -0.955. The molecular weight excluding hydrogens is 198 g/mol. The maximum absolute atomic E-state index is 11.6. The number of hydrogen-bond donors (Lipinski definition) is 2. The minimum absolute atomic E-state index is 0.122. The monoisotopic (exact) mass is 217 g/mol. The third-order valence-corrected chi connectivity index (χ3v) is 2.34. The normalized spacial score (nSPS) is 12.3. The number of methoxy groups -OCH3 is 1. The van der Waals surface area contributed by atoms with E-state index < -0.39 is 18.6 Å². The first-order chi connectivity index (χ1) is 7.10. The van der Waals surface area contributed by atoms with E-state index in [0.717, 1.165) is 0 Å². The van der Waals surface area contributed by atoms with Gasteiger partial charge in [-0.25, -0.2) is 4.79 Å². The number of aliphatic hydroxyl groups excluding tert-OH is 1. The van der Waals surface area contributed by atoms with Gasteiger partial charge in [0, 0.05) is 5.92 Å². The van der Waals surface area contributed by atoms with Crippen LogP contribution in [0.1, 0.15) is 26.7 Å². The largest absolute Gasteiger partial charge is 0.467 e. The van der Waals surface area contributed by atoms with Gasteiger partial charge < -0.3 is 15.2 Å². The topological polar surface area (TPSA) is 75.6 Å². The van der Waals surface area contributed by atoms with Crippen LogP contribution in [-0.4, -0.2) is 36.7 Å². The van der Waals surface area contributed by atoms with Gasteiger partial charge in [0.1, 0.15) is 0 Å². The first-order valence-corrected chi connectivity index (χ1v) is 5.09. The Labute approximate surface area is 89.8 Å². The molecule has 5 nitrogen and oxygen atoms in total. The predicted molar refractivity (Wildman–Crippen MR) is 55.1 cm³/mol. The van der Waals surface area contributed by atoms with Crippen LogP contribution in [0.15, 0.2) is 0 Å². The molecule has 0 heterocycles. The number of carbonyl (C=O) groups excluding carboxylic acids is 2. The number of nitrogens with one attached hydrogen (secondary N) is 1. The van der Waals surface area contributed by atoms with Gasteiger partial charge >= 0.3 is 5.97 Å². The zero-order valence-electron chi connectivity index (χ0n) is 9.45. The highest BCUT2D eigenvalue weighted by atomic mass is 16.5. The van der Waals surface area contributed by atoms with Gasteiger partial charge in [0.15, 0.2) is 6.04 Å². The summed E-state index contributed by atoms with van der Waals surface area (Å²) in [5, 5.41) is 11.3. The number of rotatable bonds is 6. The van der Waals surface area contributed by atoms with Crippen LogP contribution in [0.4, 0.5) is 0 Å². The lowest BCUT2D eigenvalue weighted by Crippen LogP contribution is -2.46. The Morgan fingerprint density at radius 3 is 2.20 bits per heavy atom. The minimum Gasteiger partial charge on any atom is -0.467 e. The standard InChI is InChI=1S/C10H19NO4/c1-4-7(5-2)9(13)11-8(6-12)10(14)15-3/h7-8,12H,4-6H2,1-3H3,(H,11,13). The first kappa shape index (κ1) is 13.9. The number of ether oxygens (including phenoxy) is 1. The van der Waals surface area contributed by atoms with Gasteiger partial charge in [0.2, 0.25) is 5.91 Å². The molecule has 0 bridgehead atoms. The Balaban J connectivity index is 4.29. The Hall–Kier alpha value is -1.10. The van der Waals surface area contributed by atoms with E-state index >= 15 is 0 Å². The van der Waals surface area contributed by atoms with Crippen LogP contribution in [0.3, 0.4) is 0 Å². The smallest absolute Gasteiger partial charge is 0.330 e. The summed E-state index contributed by atoms with van der Waals surface area (Å²) >= 11 is 0. The van der Waals surface area contributed by atoms with Crippen molar-refractivity contribution in [2.24, 2.45) is 5.92 Å². The fourth-order valence-corrected chi connectivity index (χ4v) is 1.27. The lowest BCUT2D eigenvalue weighted by atomic mass is 10.0. The van der Waals surface area contributed by atoms with Crippen molar-refractivity contribution in [1.29, 1.82) is 0 Å². The zero-order chi connectivity index (χ0) is 11.8. The van der Waals surface area contributed by atoms with Crippen LogP contribution >= 0.6 is 0 Å². The summed E-state index contributed by atoms with van der Waals surface area (Å²) < 4.78 is 4.44. The fraction of sp³-hybridized carbons (Fsp3) is 0.800. The fourth-order valence-electron chi connectivity index (χ4n) is 1.27. The number of aliphatic hydroxyl groups is 1. The molecule has 1 atom stereocenters. The van der Waals surface area contributed by atoms with Gasteiger partial charge in [0.05, 0.1) is 13.7 Å². The molecule has 0 aromatic rings. The predicted octanol–water partition coefficient (Wildman–Crippen LogP) is 0.0727. The van der Waals surface area contributed by atoms with E-state index in [2.05, 4.69) is 10.1 Å². The highest BCUT2D eigenvalue weighted by Gasteiger charge is 2.23. The van der Waals surface area contributed by atoms with Gasteiger partial charge in [-0.15, -0.1) is 0 Å². The van der Waals surface area contributed by atoms with Crippen molar-refractivity contribution in [2.75, 3.05) is 13.7 Å². The SMILES string of the molecule is CCC(CC)C(=O)NC(CO)C(=O)OC. The van der Waals surface area contributed by atoms with Crippen LogP contribution in [0.5, 0.6) is 0 Å². The second-order valence-corrected chi connectivity index (χ2v) is 3.28. The Bertz CT molecular complexity index is 213. The molecule has 0 saturated heterocycles. The summed E-state index contributed by atoms with van der Waals surface area (Å²) in [6.07, 6.45) is 1.42. The number of amides is 1. The van der Waals surface area contributed by atoms with Crippen molar-refractivity contribution in [1.82, 2.24) is 5.32 Å². The zero-order valence-corrected chi connectivity index (χ0v) is 9.45. The molecule has 15 heavy (non-hydrogen) atoms. The van der Waals surface area contributed by atoms with Crippen molar-refractivity contribution in [2.45, 2.75) is 32.7 Å². The van der Waals surface area contributed by atoms with Gasteiger partial charge in [0.25, 0.3) is 0 Å². The third kappa shape index (κ3) is 4.29. The second kappa shape index (κ2) is 7.23. The molecule has 5 heteroatoms. The molecule has 0 saturated carbocycles. The van der Waals surface area contributed by atoms with E-state index in [1.807, 2.05) is 13.8 Å². The molecule has 0 aliphatic carbocycles. The average molecular weight is 217 g/mol. The van der Waals surface area contributed by atoms with Crippen molar-refractivity contribution in [3.63, 3.8) is 0 Å². The van der Waals surface area contributed by atoms with Crippen LogP contribution in [0.2, 0.25) is 0 Å². The van der Waals surface area contributed by atoms with Crippen LogP contribution in [0, 0.1) is 5.92 Å². The van der Waals surface area contributed by atoms with Gasteiger partial charge in [-0.2, -0.15) is 0 Å². The number of carbonyl (C=O) groups is 2. The summed E-state index contributed by atoms with van der Waals surface area (Å²) in [7, 11) is 1.22. The molecule has 2 N–H and O–H groups in total. The molecule has 0 aliphatic heterocycles. The molecule has 0 spiro atoms. The molecular formula is C10H19NO4. The molecule has 88 valence electrons. The van der Waals surface area contributed by atoms with Gasteiger partial charge in [-0.1, -0.05) is 13.8 Å². The van der Waals surface area contributed by atoms with Crippen LogP contribution in [0.25, 0.3) is 0 Å². The average Bonchev–Trinajstić information content (AvgIpc) is 2.26. The number of esters is 1. The number of hydrogen-bond acceptors (Lipinski definition) is 4. The first-order valence-electron chi connectivity index (χ1n) is 5.09. The van der Waals surface area contributed by atoms with E-state index in [1.54, 1.807) is 0 Å². The van der Waals surface area contributed by atoms with Crippen molar-refractivity contribution in [3.05, 3.63) is 0 Å². The molecule has 0 aromatic carbocycles. The summed E-state index contributed by atoms with van der Waals surface area (Å²) in [5.74, 6) is -0.968. The van der Waals surface area contributed by atoms with Crippen molar-refractivity contribution in [3.8, 4) is 0 Å². The Morgan fingerprint density at radius 1 is 1.33 bits per heavy atom. The summed E-state index contributed by atoms with van der Waals surface area (Å²) in [4.78, 5) is 22.6. The molecule has 1 amide bonds. The summed E-state index contributed by atoms with van der Waals surface area (Å²) in [6, 6.07) is -0.955. The van der Waals surface area contributed by atoms with Crippen LogP contribution < -0.4 is 5.32 Å². The quantitative estimate of drug-likeness (QED) is 0.617. The maximum Gasteiger partial charge on any atom is 0.330 e. The summed E-state index contributed by atoms with van der Waals surface area (Å²) in [6.45, 7) is 3.36. The molecule has 1 unspecified atom stereocenters. The van der Waals surface area contributed by atoms with E-state index in [1.165, 1.54) is 7.11 Å². The van der Waals surface area contributed by atoms with E-state index in [9.17, 15) is 9.59 Å². The van der Waals surface area contributed by atoms with Crippen molar-refractivity contribution >= 4 is 11.9 Å². The van der Waals surface area contributed by atoms with Gasteiger partial charge in [-0.05, 0) is 12.8 Å². The second-order valence-electron chi connectivity index (χ2n) is 3.28.